The second-order valence-corrected chi connectivity index (χ2v) is 10.6. The van der Waals surface area contributed by atoms with E-state index in [1.54, 1.807) is 5.56 Å². The molecular weight excluding hydrogens is 432 g/mol. The fourth-order valence-corrected chi connectivity index (χ4v) is 5.12. The Morgan fingerprint density at radius 3 is 0.972 bits per heavy atom. The van der Waals surface area contributed by atoms with Crippen LogP contribution in [-0.4, -0.2) is 0 Å². The summed E-state index contributed by atoms with van der Waals surface area (Å²) in [7, 11) is 0. The molecule has 0 spiro atoms. The van der Waals surface area contributed by atoms with Gasteiger partial charge in [0.1, 0.15) is 0 Å². The summed E-state index contributed by atoms with van der Waals surface area (Å²) in [5, 5.41) is 0. The first-order chi connectivity index (χ1) is 17.9. The Bertz CT molecular complexity index is 689. The predicted molar refractivity (Wildman–Crippen MR) is 163 cm³/mol. The van der Waals surface area contributed by atoms with Crippen LogP contribution in [0.1, 0.15) is 116 Å². The van der Waals surface area contributed by atoms with Crippen LogP contribution in [-0.2, 0) is 0 Å². The topological polar surface area (TPSA) is 0 Å². The maximum atomic E-state index is 2.34. The van der Waals surface area contributed by atoms with Gasteiger partial charge in [-0.25, -0.2) is 0 Å². The van der Waals surface area contributed by atoms with Gasteiger partial charge in [-0.1, -0.05) is 194 Å². The van der Waals surface area contributed by atoms with Crippen LogP contribution in [0.4, 0.5) is 0 Å². The quantitative estimate of drug-likeness (QED) is 0.321. The fourth-order valence-electron chi connectivity index (χ4n) is 5.12. The van der Waals surface area contributed by atoms with Crippen molar-refractivity contribution in [1.29, 1.82) is 0 Å². The molecule has 3 aromatic rings. The highest BCUT2D eigenvalue weighted by molar-refractivity contribution is 5.19. The van der Waals surface area contributed by atoms with Crippen molar-refractivity contribution in [3.05, 3.63) is 109 Å². The van der Waals surface area contributed by atoms with Gasteiger partial charge >= 0.3 is 0 Å². The lowest BCUT2D eigenvalue weighted by Crippen LogP contribution is -2.03. The second-order valence-electron chi connectivity index (χ2n) is 10.6. The molecule has 0 saturated heterocycles. The van der Waals surface area contributed by atoms with Crippen LogP contribution in [0.25, 0.3) is 0 Å². The molecule has 0 bridgehead atoms. The number of hydrogen-bond donors (Lipinski definition) is 0. The maximum Gasteiger partial charge on any atom is 0 e. The lowest BCUT2D eigenvalue weighted by Gasteiger charge is -2.21. The third-order valence-electron chi connectivity index (χ3n) is 7.35. The first kappa shape index (κ1) is 29.9. The molecule has 0 heterocycles. The molecule has 0 heteroatoms. The van der Waals surface area contributed by atoms with Crippen LogP contribution in [0.2, 0.25) is 0 Å². The summed E-state index contributed by atoms with van der Waals surface area (Å²) in [6.45, 7) is 2.34. The summed E-state index contributed by atoms with van der Waals surface area (Å²) >= 11 is 0. The molecule has 3 saturated carbocycles. The van der Waals surface area contributed by atoms with Crippen molar-refractivity contribution in [2.45, 2.75) is 109 Å². The lowest BCUT2D eigenvalue weighted by molar-refractivity contribution is 0.443. The Hall–Kier alpha value is -2.34. The molecule has 0 atom stereocenters. The van der Waals surface area contributed by atoms with Crippen LogP contribution in [0, 0.1) is 5.92 Å². The van der Waals surface area contributed by atoms with Crippen molar-refractivity contribution < 1.29 is 1.43 Å². The molecular formula is C36H54. The summed E-state index contributed by atoms with van der Waals surface area (Å²) in [5.74, 6) is 1.91. The number of benzene rings is 3. The first-order valence-corrected chi connectivity index (χ1v) is 14.9. The molecule has 0 N–H and O–H groups in total. The van der Waals surface area contributed by atoms with Crippen molar-refractivity contribution in [2.75, 3.05) is 0 Å². The van der Waals surface area contributed by atoms with Crippen LogP contribution in [0.5, 0.6) is 0 Å². The molecule has 3 aliphatic rings. The number of rotatable bonds is 1. The highest BCUT2D eigenvalue weighted by Gasteiger charge is 2.14. The monoisotopic (exact) mass is 486 g/mol. The Balaban J connectivity index is 0.000000239. The Morgan fingerprint density at radius 2 is 0.667 bits per heavy atom. The normalized spacial score (nSPS) is 17.4. The van der Waals surface area contributed by atoms with Crippen LogP contribution >= 0.6 is 0 Å². The van der Waals surface area contributed by atoms with Crippen LogP contribution in [0.3, 0.4) is 0 Å². The van der Waals surface area contributed by atoms with E-state index in [1.807, 2.05) is 72.8 Å². The Morgan fingerprint density at radius 1 is 0.389 bits per heavy atom. The fraction of sp³-hybridized carbons (Fsp3) is 0.500. The molecule has 198 valence electrons. The van der Waals surface area contributed by atoms with E-state index in [2.05, 4.69) is 37.3 Å². The van der Waals surface area contributed by atoms with Crippen molar-refractivity contribution in [2.24, 2.45) is 5.92 Å². The van der Waals surface area contributed by atoms with E-state index in [4.69, 9.17) is 0 Å². The van der Waals surface area contributed by atoms with E-state index in [0.717, 1.165) is 11.8 Å². The van der Waals surface area contributed by atoms with E-state index in [1.165, 1.54) is 96.3 Å². The minimum absolute atomic E-state index is 0. The van der Waals surface area contributed by atoms with Crippen molar-refractivity contribution in [3.63, 3.8) is 0 Å². The van der Waals surface area contributed by atoms with E-state index >= 15 is 0 Å². The smallest absolute Gasteiger partial charge is 0 e. The molecule has 0 amide bonds. The van der Waals surface area contributed by atoms with Crippen LogP contribution in [0.15, 0.2) is 103 Å². The van der Waals surface area contributed by atoms with E-state index < -0.39 is 0 Å². The first-order valence-electron chi connectivity index (χ1n) is 14.9. The van der Waals surface area contributed by atoms with Gasteiger partial charge in [-0.2, -0.15) is 0 Å². The summed E-state index contributed by atoms with van der Waals surface area (Å²) in [4.78, 5) is 0. The zero-order valence-electron chi connectivity index (χ0n) is 23.1. The average molecular weight is 487 g/mol. The van der Waals surface area contributed by atoms with Gasteiger partial charge < -0.3 is 0 Å². The standard InChI is InChI=1S/C12H16.2C6H12.2C6H6.H2/c1-3-7-11(8-4-1)12-9-5-2-6-10-12;1-6-4-2-3-5-6;3*1-2-4-6-5-3-1;/h1,3-4,7-8,12H,2,5-6,9-10H2;6H,2-5H2,1H3;1-6H2;2*1-6H;1H. The third-order valence-corrected chi connectivity index (χ3v) is 7.35. The molecule has 0 aromatic heterocycles. The molecule has 0 radical (unpaired) electrons. The van der Waals surface area contributed by atoms with E-state index in [0.29, 0.717) is 0 Å². The van der Waals surface area contributed by atoms with Gasteiger partial charge in [0, 0.05) is 1.43 Å². The molecule has 3 fully saturated rings. The van der Waals surface area contributed by atoms with Gasteiger partial charge in [-0.05, 0) is 30.2 Å². The lowest BCUT2D eigenvalue weighted by atomic mass is 9.84. The van der Waals surface area contributed by atoms with Crippen molar-refractivity contribution >= 4 is 0 Å². The zero-order valence-corrected chi connectivity index (χ0v) is 23.1. The maximum absolute atomic E-state index is 2.34. The molecule has 0 nitrogen and oxygen atoms in total. The minimum Gasteiger partial charge on any atom is -0.0625 e. The third kappa shape index (κ3) is 16.4. The highest BCUT2D eigenvalue weighted by atomic mass is 14.2. The SMILES string of the molecule is C1CCCCC1.CC1CCCC1.[HH].c1ccc(C2CCCCC2)cc1.c1ccccc1.c1ccccc1. The number of hydrogen-bond acceptors (Lipinski definition) is 0. The summed E-state index contributed by atoms with van der Waals surface area (Å²) in [6, 6.07) is 35.0. The van der Waals surface area contributed by atoms with Gasteiger partial charge in [0.15, 0.2) is 0 Å². The van der Waals surface area contributed by atoms with Crippen LogP contribution < -0.4 is 0 Å². The largest absolute Gasteiger partial charge is 0.0625 e. The highest BCUT2D eigenvalue weighted by Crippen LogP contribution is 2.32. The van der Waals surface area contributed by atoms with Crippen molar-refractivity contribution in [3.8, 4) is 0 Å². The molecule has 3 aromatic carbocycles. The van der Waals surface area contributed by atoms with Gasteiger partial charge in [-0.15, -0.1) is 0 Å². The van der Waals surface area contributed by atoms with Gasteiger partial charge in [0.25, 0.3) is 0 Å². The minimum atomic E-state index is 0. The van der Waals surface area contributed by atoms with Gasteiger partial charge in [0.05, 0.1) is 0 Å². The van der Waals surface area contributed by atoms with Gasteiger partial charge in [0.2, 0.25) is 0 Å². The zero-order chi connectivity index (χ0) is 25.4. The predicted octanol–water partition coefficient (Wildman–Crippen LogP) is 11.9. The molecule has 36 heavy (non-hydrogen) atoms. The summed E-state index contributed by atoms with van der Waals surface area (Å²) in [6.07, 6.45) is 22.1. The van der Waals surface area contributed by atoms with Crippen molar-refractivity contribution in [1.82, 2.24) is 0 Å². The summed E-state index contributed by atoms with van der Waals surface area (Å²) < 4.78 is 0. The molecule has 0 aliphatic heterocycles. The van der Waals surface area contributed by atoms with E-state index in [9.17, 15) is 0 Å². The average Bonchev–Trinajstić information content (AvgIpc) is 3.49. The Labute approximate surface area is 225 Å². The van der Waals surface area contributed by atoms with E-state index in [-0.39, 0.29) is 1.43 Å². The molecule has 0 unspecified atom stereocenters. The van der Waals surface area contributed by atoms with Gasteiger partial charge in [-0.3, -0.25) is 0 Å². The summed E-state index contributed by atoms with van der Waals surface area (Å²) in [5.41, 5.74) is 1.55. The molecule has 6 rings (SSSR count). The molecule has 3 aliphatic carbocycles. The Kier molecular flexibility index (Phi) is 18.2. The second kappa shape index (κ2) is 21.9.